The fourth-order valence-corrected chi connectivity index (χ4v) is 4.46. The molecule has 4 nitrogen and oxygen atoms in total. The number of hydrogen-bond acceptors (Lipinski definition) is 4. The lowest BCUT2D eigenvalue weighted by molar-refractivity contribution is -0.184. The highest BCUT2D eigenvalue weighted by Gasteiger charge is 2.53. The number of hydrogen-bond donors (Lipinski definition) is 0. The van der Waals surface area contributed by atoms with E-state index in [2.05, 4.69) is 15.9 Å². The molecule has 0 spiro atoms. The van der Waals surface area contributed by atoms with Crippen LogP contribution >= 0.6 is 27.5 Å². The van der Waals surface area contributed by atoms with Crippen LogP contribution in [0.1, 0.15) is 51.7 Å². The second-order valence-electron chi connectivity index (χ2n) is 8.18. The maximum atomic E-state index is 13.2. The van der Waals surface area contributed by atoms with Gasteiger partial charge in [-0.05, 0) is 75.6 Å². The molecule has 0 amide bonds. The van der Waals surface area contributed by atoms with E-state index in [9.17, 15) is 9.59 Å². The summed E-state index contributed by atoms with van der Waals surface area (Å²) in [6.07, 6.45) is 0.688. The molecule has 1 heterocycles. The minimum absolute atomic E-state index is 0.240. The first-order valence-electron chi connectivity index (χ1n) is 9.51. The van der Waals surface area contributed by atoms with Crippen molar-refractivity contribution in [3.63, 3.8) is 0 Å². The zero-order valence-corrected chi connectivity index (χ0v) is 19.5. The average Bonchev–Trinajstić information content (AvgIpc) is 2.62. The monoisotopic (exact) mass is 478 g/mol. The lowest BCUT2D eigenvalue weighted by Gasteiger charge is -2.43. The van der Waals surface area contributed by atoms with Crippen LogP contribution in [-0.2, 0) is 20.7 Å². The quantitative estimate of drug-likeness (QED) is 0.485. The molecule has 0 N–H and O–H groups in total. The molecule has 2 aromatic carbocycles. The van der Waals surface area contributed by atoms with Gasteiger partial charge in [0, 0.05) is 4.47 Å². The smallest absolute Gasteiger partial charge is 0.179 e. The van der Waals surface area contributed by atoms with Gasteiger partial charge in [0.2, 0.25) is 0 Å². The molecule has 0 atom stereocenters. The van der Waals surface area contributed by atoms with Crippen molar-refractivity contribution in [3.8, 4) is 11.5 Å². The van der Waals surface area contributed by atoms with Crippen molar-refractivity contribution in [2.24, 2.45) is 0 Å². The molecule has 1 aliphatic heterocycles. The van der Waals surface area contributed by atoms with Crippen LogP contribution in [0.5, 0.6) is 11.5 Å². The molecule has 0 radical (unpaired) electrons. The van der Waals surface area contributed by atoms with E-state index >= 15 is 0 Å². The zero-order valence-electron chi connectivity index (χ0n) is 17.1. The molecule has 1 aliphatic rings. The Morgan fingerprint density at radius 3 is 2.21 bits per heavy atom. The van der Waals surface area contributed by atoms with E-state index in [-0.39, 0.29) is 11.6 Å². The second kappa shape index (κ2) is 7.86. The Kier molecular flexibility index (Phi) is 5.96. The van der Waals surface area contributed by atoms with Gasteiger partial charge in [0.05, 0.1) is 5.02 Å². The van der Waals surface area contributed by atoms with Crippen molar-refractivity contribution in [2.45, 2.75) is 58.2 Å². The zero-order chi connectivity index (χ0) is 21.6. The van der Waals surface area contributed by atoms with Crippen LogP contribution in [0, 0.1) is 0 Å². The number of Topliss-reactive ketones (excluding diaryl/α,β-unsaturated/α-hetero) is 2. The fourth-order valence-electron chi connectivity index (χ4n) is 3.75. The predicted molar refractivity (Wildman–Crippen MR) is 117 cm³/mol. The van der Waals surface area contributed by atoms with Crippen molar-refractivity contribution in [3.05, 3.63) is 57.0 Å². The van der Waals surface area contributed by atoms with E-state index < -0.39 is 17.1 Å². The summed E-state index contributed by atoms with van der Waals surface area (Å²) in [6.45, 7) is 8.85. The van der Waals surface area contributed by atoms with E-state index in [4.69, 9.17) is 21.1 Å². The molecule has 6 heteroatoms. The lowest BCUT2D eigenvalue weighted by Crippen LogP contribution is -2.58. The molecule has 0 aromatic heterocycles. The first-order valence-corrected chi connectivity index (χ1v) is 10.7. The van der Waals surface area contributed by atoms with Gasteiger partial charge in [-0.3, -0.25) is 9.59 Å². The molecule has 1 saturated heterocycles. The van der Waals surface area contributed by atoms with Gasteiger partial charge in [-0.25, -0.2) is 0 Å². The maximum absolute atomic E-state index is 13.2. The van der Waals surface area contributed by atoms with Crippen LogP contribution in [0.2, 0.25) is 5.02 Å². The summed E-state index contributed by atoms with van der Waals surface area (Å²) in [6, 6.07) is 10.8. The highest BCUT2D eigenvalue weighted by atomic mass is 79.9. The summed E-state index contributed by atoms with van der Waals surface area (Å²) in [7, 11) is 0. The SMILES string of the molecule is CCc1ccc(Oc2ccc(Br)cc2Cl)cc1C1C(=O)C(C)(C)OC(C)(C)C1=O. The maximum Gasteiger partial charge on any atom is 0.179 e. The van der Waals surface area contributed by atoms with Crippen LogP contribution in [0.3, 0.4) is 0 Å². The highest BCUT2D eigenvalue weighted by Crippen LogP contribution is 2.41. The van der Waals surface area contributed by atoms with Gasteiger partial charge in [-0.15, -0.1) is 0 Å². The molecule has 0 bridgehead atoms. The summed E-state index contributed by atoms with van der Waals surface area (Å²) >= 11 is 9.64. The van der Waals surface area contributed by atoms with Gasteiger partial charge in [0.1, 0.15) is 28.6 Å². The Morgan fingerprint density at radius 2 is 1.66 bits per heavy atom. The third-order valence-corrected chi connectivity index (χ3v) is 5.94. The van der Waals surface area contributed by atoms with Crippen molar-refractivity contribution in [1.82, 2.24) is 0 Å². The van der Waals surface area contributed by atoms with Gasteiger partial charge in [0.15, 0.2) is 11.6 Å². The van der Waals surface area contributed by atoms with Gasteiger partial charge < -0.3 is 9.47 Å². The normalized spacial score (nSPS) is 18.7. The number of halogens is 2. The van der Waals surface area contributed by atoms with Crippen molar-refractivity contribution < 1.29 is 19.1 Å². The Balaban J connectivity index is 2.07. The highest BCUT2D eigenvalue weighted by molar-refractivity contribution is 9.10. The van der Waals surface area contributed by atoms with E-state index in [1.807, 2.05) is 25.1 Å². The number of benzene rings is 2. The first kappa shape index (κ1) is 22.0. The van der Waals surface area contributed by atoms with E-state index in [1.54, 1.807) is 45.9 Å². The number of ether oxygens (including phenoxy) is 2. The molecule has 2 aromatic rings. The fraction of sp³-hybridized carbons (Fsp3) is 0.391. The van der Waals surface area contributed by atoms with Crippen LogP contribution < -0.4 is 4.74 Å². The van der Waals surface area contributed by atoms with Crippen molar-refractivity contribution in [1.29, 1.82) is 0 Å². The van der Waals surface area contributed by atoms with Gasteiger partial charge >= 0.3 is 0 Å². The number of carbonyl (C=O) groups is 2. The minimum Gasteiger partial charge on any atom is -0.456 e. The molecular formula is C23H24BrClO4. The standard InChI is InChI=1S/C23H24BrClO4/c1-6-13-7-9-15(28-18-10-8-14(24)11-17(18)25)12-16(13)19-20(26)22(2,3)29-23(4,5)21(19)27/h7-12,19H,6H2,1-5H3. The third-order valence-electron chi connectivity index (χ3n) is 5.15. The lowest BCUT2D eigenvalue weighted by atomic mass is 9.73. The minimum atomic E-state index is -1.06. The average molecular weight is 480 g/mol. The first-order chi connectivity index (χ1) is 13.5. The number of carbonyl (C=O) groups excluding carboxylic acids is 2. The van der Waals surface area contributed by atoms with Crippen molar-refractivity contribution in [2.75, 3.05) is 0 Å². The summed E-state index contributed by atoms with van der Waals surface area (Å²) in [5.41, 5.74) is -0.519. The number of rotatable bonds is 4. The Hall–Kier alpha value is -1.69. The van der Waals surface area contributed by atoms with E-state index in [0.29, 0.717) is 28.5 Å². The summed E-state index contributed by atoms with van der Waals surface area (Å²) in [5, 5.41) is 0.459. The summed E-state index contributed by atoms with van der Waals surface area (Å²) in [5.74, 6) is -0.363. The summed E-state index contributed by atoms with van der Waals surface area (Å²) in [4.78, 5) is 26.3. The Labute approximate surface area is 184 Å². The van der Waals surface area contributed by atoms with Gasteiger partial charge in [-0.1, -0.05) is 40.5 Å². The number of ketones is 2. The van der Waals surface area contributed by atoms with E-state index in [1.165, 1.54) is 0 Å². The number of aryl methyl sites for hydroxylation is 1. The topological polar surface area (TPSA) is 52.6 Å². The largest absolute Gasteiger partial charge is 0.456 e. The van der Waals surface area contributed by atoms with E-state index in [0.717, 1.165) is 10.0 Å². The van der Waals surface area contributed by atoms with Gasteiger partial charge in [0.25, 0.3) is 0 Å². The van der Waals surface area contributed by atoms with Crippen LogP contribution in [0.4, 0.5) is 0 Å². The third kappa shape index (κ3) is 4.27. The van der Waals surface area contributed by atoms with Gasteiger partial charge in [-0.2, -0.15) is 0 Å². The molecule has 3 rings (SSSR count). The molecule has 1 fully saturated rings. The predicted octanol–water partition coefficient (Wildman–Crippen LogP) is 6.27. The van der Waals surface area contributed by atoms with Crippen LogP contribution in [-0.4, -0.2) is 22.8 Å². The molecule has 0 aliphatic carbocycles. The molecule has 0 unspecified atom stereocenters. The van der Waals surface area contributed by atoms with Crippen LogP contribution in [0.25, 0.3) is 0 Å². The molecule has 29 heavy (non-hydrogen) atoms. The van der Waals surface area contributed by atoms with Crippen LogP contribution in [0.15, 0.2) is 40.9 Å². The Bertz CT molecular complexity index is 955. The summed E-state index contributed by atoms with van der Waals surface area (Å²) < 4.78 is 12.6. The molecular weight excluding hydrogens is 456 g/mol. The molecule has 154 valence electrons. The second-order valence-corrected chi connectivity index (χ2v) is 9.50. The Morgan fingerprint density at radius 1 is 1.03 bits per heavy atom. The molecule has 0 saturated carbocycles. The van der Waals surface area contributed by atoms with Crippen molar-refractivity contribution >= 4 is 39.1 Å².